The molecule has 2 aromatic rings. The van der Waals surface area contributed by atoms with E-state index in [4.69, 9.17) is 16.3 Å². The van der Waals surface area contributed by atoms with E-state index in [2.05, 4.69) is 26.1 Å². The van der Waals surface area contributed by atoms with Crippen molar-refractivity contribution in [2.45, 2.75) is 33.1 Å². The number of rotatable bonds is 5. The highest BCUT2D eigenvalue weighted by molar-refractivity contribution is 6.31. The van der Waals surface area contributed by atoms with Crippen LogP contribution in [0, 0.1) is 0 Å². The predicted molar refractivity (Wildman–Crippen MR) is 110 cm³/mol. The molecular weight excluding hydrogens is 364 g/mol. The van der Waals surface area contributed by atoms with Crippen LogP contribution in [-0.2, 0) is 15.0 Å². The average Bonchev–Trinajstić information content (AvgIpc) is 2.59. The van der Waals surface area contributed by atoms with E-state index in [1.165, 1.54) is 24.5 Å². The Labute approximate surface area is 165 Å². The van der Waals surface area contributed by atoms with Crippen LogP contribution in [0.1, 0.15) is 33.3 Å². The molecule has 0 heterocycles. The first-order chi connectivity index (χ1) is 12.6. The van der Waals surface area contributed by atoms with Crippen molar-refractivity contribution in [3.63, 3.8) is 0 Å². The van der Waals surface area contributed by atoms with E-state index in [1.54, 1.807) is 18.2 Å². The summed E-state index contributed by atoms with van der Waals surface area (Å²) < 4.78 is 5.29. The van der Waals surface area contributed by atoms with Crippen molar-refractivity contribution >= 4 is 34.8 Å². The molecule has 0 aliphatic rings. The molecule has 0 atom stereocenters. The highest BCUT2D eigenvalue weighted by Crippen LogP contribution is 2.31. The van der Waals surface area contributed by atoms with Crippen molar-refractivity contribution in [3.05, 3.63) is 53.1 Å². The van der Waals surface area contributed by atoms with Crippen molar-refractivity contribution in [2.24, 2.45) is 0 Å². The Hall–Kier alpha value is -2.53. The van der Waals surface area contributed by atoms with Crippen LogP contribution in [0.5, 0.6) is 5.75 Å². The highest BCUT2D eigenvalue weighted by Gasteiger charge is 2.20. The number of carbonyl (C=O) groups is 2. The molecule has 0 unspecified atom stereocenters. The Balaban J connectivity index is 2.16. The summed E-state index contributed by atoms with van der Waals surface area (Å²) >= 11 is 6.05. The molecule has 27 heavy (non-hydrogen) atoms. The van der Waals surface area contributed by atoms with Gasteiger partial charge in [-0.25, -0.2) is 0 Å². The zero-order valence-corrected chi connectivity index (χ0v) is 17.1. The maximum Gasteiger partial charge on any atom is 0.244 e. The van der Waals surface area contributed by atoms with Crippen LogP contribution in [0.4, 0.5) is 11.4 Å². The van der Waals surface area contributed by atoms with Gasteiger partial charge in [0.2, 0.25) is 11.8 Å². The first-order valence-corrected chi connectivity index (χ1v) is 9.01. The van der Waals surface area contributed by atoms with Gasteiger partial charge in [0.15, 0.2) is 0 Å². The molecule has 0 saturated heterocycles. The maximum absolute atomic E-state index is 12.5. The van der Waals surface area contributed by atoms with Crippen LogP contribution in [-0.4, -0.2) is 25.5 Å². The summed E-state index contributed by atoms with van der Waals surface area (Å²) in [6, 6.07) is 12.6. The fourth-order valence-electron chi connectivity index (χ4n) is 2.64. The zero-order valence-electron chi connectivity index (χ0n) is 16.3. The van der Waals surface area contributed by atoms with Crippen LogP contribution in [0.25, 0.3) is 0 Å². The summed E-state index contributed by atoms with van der Waals surface area (Å²) in [6.45, 7) is 7.63. The lowest BCUT2D eigenvalue weighted by atomic mass is 9.87. The summed E-state index contributed by atoms with van der Waals surface area (Å²) in [5, 5.41) is 3.28. The molecule has 2 rings (SSSR count). The zero-order chi connectivity index (χ0) is 20.2. The van der Waals surface area contributed by atoms with Crippen LogP contribution >= 0.6 is 11.6 Å². The number of nitrogens with one attached hydrogen (secondary N) is 1. The lowest BCUT2D eigenvalue weighted by molar-refractivity contribution is -0.120. The van der Waals surface area contributed by atoms with E-state index in [0.717, 1.165) is 0 Å². The summed E-state index contributed by atoms with van der Waals surface area (Å²) in [6.07, 6.45) is 0. The van der Waals surface area contributed by atoms with Crippen molar-refractivity contribution < 1.29 is 14.3 Å². The van der Waals surface area contributed by atoms with Crippen molar-refractivity contribution in [3.8, 4) is 5.75 Å². The summed E-state index contributed by atoms with van der Waals surface area (Å²) in [7, 11) is 1.50. The first-order valence-electron chi connectivity index (χ1n) is 8.64. The molecule has 0 aliphatic carbocycles. The van der Waals surface area contributed by atoms with E-state index in [-0.39, 0.29) is 23.8 Å². The monoisotopic (exact) mass is 388 g/mol. The van der Waals surface area contributed by atoms with Gasteiger partial charge in [0.05, 0.1) is 12.8 Å². The fourth-order valence-corrected chi connectivity index (χ4v) is 2.80. The number of benzene rings is 2. The minimum atomic E-state index is -0.310. The van der Waals surface area contributed by atoms with E-state index < -0.39 is 0 Å². The van der Waals surface area contributed by atoms with Crippen molar-refractivity contribution in [1.82, 2.24) is 0 Å². The average molecular weight is 389 g/mol. The van der Waals surface area contributed by atoms with E-state index in [1.807, 2.05) is 24.3 Å². The molecule has 2 amide bonds. The smallest absolute Gasteiger partial charge is 0.244 e. The van der Waals surface area contributed by atoms with Gasteiger partial charge in [-0.3, -0.25) is 14.5 Å². The second-order valence-corrected chi connectivity index (χ2v) is 7.73. The Morgan fingerprint density at radius 3 is 2.26 bits per heavy atom. The molecule has 0 fully saturated rings. The van der Waals surface area contributed by atoms with Gasteiger partial charge in [-0.05, 0) is 41.3 Å². The van der Waals surface area contributed by atoms with E-state index >= 15 is 0 Å². The largest absolute Gasteiger partial charge is 0.495 e. The van der Waals surface area contributed by atoms with Crippen molar-refractivity contribution in [2.75, 3.05) is 23.9 Å². The SMILES string of the molecule is COc1ccc(Cl)cc1N(CC(=O)Nc1ccc(C(C)(C)C)cc1)C(C)=O. The van der Waals surface area contributed by atoms with Crippen LogP contribution in [0.2, 0.25) is 5.02 Å². The van der Waals surface area contributed by atoms with E-state index in [9.17, 15) is 9.59 Å². The second kappa shape index (κ2) is 8.44. The van der Waals surface area contributed by atoms with E-state index in [0.29, 0.717) is 22.1 Å². The Morgan fingerprint density at radius 2 is 1.74 bits per heavy atom. The van der Waals surface area contributed by atoms with Crippen LogP contribution in [0.3, 0.4) is 0 Å². The standard InChI is InChI=1S/C21H25ClN2O3/c1-14(25)24(18-12-16(22)8-11-19(18)27-5)13-20(26)23-17-9-6-15(7-10-17)21(2,3)4/h6-12H,13H2,1-5H3,(H,23,26). The third-order valence-corrected chi connectivity index (χ3v) is 4.38. The number of methoxy groups -OCH3 is 1. The van der Waals surface area contributed by atoms with Gasteiger partial charge in [0, 0.05) is 17.6 Å². The molecule has 5 nitrogen and oxygen atoms in total. The fraction of sp³-hybridized carbons (Fsp3) is 0.333. The molecule has 0 bridgehead atoms. The normalized spacial score (nSPS) is 11.0. The Bertz CT molecular complexity index is 826. The second-order valence-electron chi connectivity index (χ2n) is 7.30. The summed E-state index contributed by atoms with van der Waals surface area (Å²) in [5.41, 5.74) is 2.34. The number of nitrogens with zero attached hydrogens (tertiary/aromatic N) is 1. The highest BCUT2D eigenvalue weighted by atomic mass is 35.5. The molecule has 6 heteroatoms. The van der Waals surface area contributed by atoms with Gasteiger partial charge in [-0.15, -0.1) is 0 Å². The topological polar surface area (TPSA) is 58.6 Å². The molecule has 144 valence electrons. The lowest BCUT2D eigenvalue weighted by Crippen LogP contribution is -2.37. The first kappa shape index (κ1) is 20.8. The minimum Gasteiger partial charge on any atom is -0.495 e. The predicted octanol–water partition coefficient (Wildman–Crippen LogP) is 4.64. The van der Waals surface area contributed by atoms with Gasteiger partial charge in [-0.1, -0.05) is 44.5 Å². The van der Waals surface area contributed by atoms with Gasteiger partial charge in [0.25, 0.3) is 0 Å². The van der Waals surface area contributed by atoms with Gasteiger partial charge >= 0.3 is 0 Å². The van der Waals surface area contributed by atoms with Gasteiger partial charge in [-0.2, -0.15) is 0 Å². The maximum atomic E-state index is 12.5. The quantitative estimate of drug-likeness (QED) is 0.811. The van der Waals surface area contributed by atoms with Crippen molar-refractivity contribution in [1.29, 1.82) is 0 Å². The molecule has 2 aromatic carbocycles. The summed E-state index contributed by atoms with van der Waals surface area (Å²) in [5.74, 6) is -0.124. The number of halogens is 1. The molecule has 1 N–H and O–H groups in total. The van der Waals surface area contributed by atoms with Gasteiger partial charge < -0.3 is 10.1 Å². The van der Waals surface area contributed by atoms with Gasteiger partial charge in [0.1, 0.15) is 12.3 Å². The number of carbonyl (C=O) groups excluding carboxylic acids is 2. The molecular formula is C21H25ClN2O3. The molecule has 0 radical (unpaired) electrons. The number of ether oxygens (including phenoxy) is 1. The molecule has 0 saturated carbocycles. The number of hydrogen-bond acceptors (Lipinski definition) is 3. The molecule has 0 spiro atoms. The third kappa shape index (κ3) is 5.47. The minimum absolute atomic E-state index is 0.0388. The lowest BCUT2D eigenvalue weighted by Gasteiger charge is -2.23. The molecule has 0 aliphatic heterocycles. The Kier molecular flexibility index (Phi) is 6.50. The number of amides is 2. The van der Waals surface area contributed by atoms with Crippen LogP contribution in [0.15, 0.2) is 42.5 Å². The number of anilines is 2. The molecule has 0 aromatic heterocycles. The summed E-state index contributed by atoms with van der Waals surface area (Å²) in [4.78, 5) is 25.9. The third-order valence-electron chi connectivity index (χ3n) is 4.15. The Morgan fingerprint density at radius 1 is 1.11 bits per heavy atom. The van der Waals surface area contributed by atoms with Crippen LogP contribution < -0.4 is 15.0 Å². The number of hydrogen-bond donors (Lipinski definition) is 1.